The summed E-state index contributed by atoms with van der Waals surface area (Å²) in [6.07, 6.45) is -0.0615. The second-order valence-corrected chi connectivity index (χ2v) is 4.41. The molecule has 0 radical (unpaired) electrons. The summed E-state index contributed by atoms with van der Waals surface area (Å²) < 4.78 is 15.6. The van der Waals surface area contributed by atoms with E-state index in [1.807, 2.05) is 19.1 Å². The van der Waals surface area contributed by atoms with Crippen LogP contribution in [0.4, 0.5) is 0 Å². The number of ether oxygens (including phenoxy) is 3. The van der Waals surface area contributed by atoms with Crippen LogP contribution in [0, 0.1) is 0 Å². The van der Waals surface area contributed by atoms with Crippen LogP contribution in [0.5, 0.6) is 11.5 Å². The van der Waals surface area contributed by atoms with E-state index in [1.165, 1.54) is 7.11 Å². The van der Waals surface area contributed by atoms with Crippen LogP contribution in [-0.2, 0) is 16.0 Å². The largest absolute Gasteiger partial charge is 0.493 e. The van der Waals surface area contributed by atoms with Crippen molar-refractivity contribution in [2.24, 2.45) is 5.73 Å². The molecule has 1 rings (SSSR count). The summed E-state index contributed by atoms with van der Waals surface area (Å²) >= 11 is 0. The van der Waals surface area contributed by atoms with Gasteiger partial charge >= 0.3 is 5.97 Å². The van der Waals surface area contributed by atoms with Gasteiger partial charge in [-0.3, -0.25) is 0 Å². The molecule has 19 heavy (non-hydrogen) atoms. The smallest absolute Gasteiger partial charge is 0.346 e. The average molecular weight is 267 g/mol. The van der Waals surface area contributed by atoms with Gasteiger partial charge < -0.3 is 19.9 Å². The maximum Gasteiger partial charge on any atom is 0.346 e. The van der Waals surface area contributed by atoms with Gasteiger partial charge in [-0.25, -0.2) is 4.79 Å². The number of methoxy groups -OCH3 is 2. The van der Waals surface area contributed by atoms with Crippen LogP contribution < -0.4 is 15.2 Å². The molecule has 1 aromatic carbocycles. The van der Waals surface area contributed by atoms with Gasteiger partial charge in [0.1, 0.15) is 0 Å². The second-order valence-electron chi connectivity index (χ2n) is 4.41. The Bertz CT molecular complexity index is 431. The highest BCUT2D eigenvalue weighted by Crippen LogP contribution is 2.32. The zero-order valence-corrected chi connectivity index (χ0v) is 11.8. The molecule has 2 N–H and O–H groups in total. The lowest BCUT2D eigenvalue weighted by Gasteiger charge is -2.19. The predicted octanol–water partition coefficient (Wildman–Crippen LogP) is 1.53. The van der Waals surface area contributed by atoms with E-state index in [2.05, 4.69) is 4.74 Å². The van der Waals surface area contributed by atoms with Crippen molar-refractivity contribution in [1.82, 2.24) is 0 Å². The molecule has 0 aliphatic heterocycles. The van der Waals surface area contributed by atoms with Gasteiger partial charge in [-0.15, -0.1) is 0 Å². The van der Waals surface area contributed by atoms with Crippen LogP contribution in [-0.4, -0.2) is 32.3 Å². The van der Waals surface area contributed by atoms with E-state index in [1.54, 1.807) is 20.1 Å². The molecular weight excluding hydrogens is 246 g/mol. The van der Waals surface area contributed by atoms with Crippen molar-refractivity contribution >= 4 is 5.97 Å². The topological polar surface area (TPSA) is 70.8 Å². The van der Waals surface area contributed by atoms with E-state index < -0.39 is 12.1 Å². The van der Waals surface area contributed by atoms with Gasteiger partial charge in [-0.05, 0) is 31.9 Å². The van der Waals surface area contributed by atoms with E-state index in [0.717, 1.165) is 5.56 Å². The minimum Gasteiger partial charge on any atom is -0.493 e. The highest BCUT2D eigenvalue weighted by molar-refractivity contribution is 5.74. The highest BCUT2D eigenvalue weighted by Gasteiger charge is 2.20. The number of esters is 1. The number of rotatable bonds is 6. The molecule has 0 saturated carbocycles. The fourth-order valence-electron chi connectivity index (χ4n) is 1.75. The monoisotopic (exact) mass is 267 g/mol. The van der Waals surface area contributed by atoms with Gasteiger partial charge in [-0.1, -0.05) is 12.1 Å². The van der Waals surface area contributed by atoms with E-state index in [0.29, 0.717) is 17.9 Å². The Kier molecular flexibility index (Phi) is 5.63. The van der Waals surface area contributed by atoms with Gasteiger partial charge in [0.15, 0.2) is 17.6 Å². The quantitative estimate of drug-likeness (QED) is 0.791. The van der Waals surface area contributed by atoms with Crippen molar-refractivity contribution in [1.29, 1.82) is 0 Å². The molecule has 2 atom stereocenters. The summed E-state index contributed by atoms with van der Waals surface area (Å²) in [6.45, 7) is 3.54. The second kappa shape index (κ2) is 6.99. The third-order valence-corrected chi connectivity index (χ3v) is 2.65. The molecule has 5 nitrogen and oxygen atoms in total. The van der Waals surface area contributed by atoms with Gasteiger partial charge in [0.25, 0.3) is 0 Å². The number of carbonyl (C=O) groups is 1. The molecule has 0 aliphatic carbocycles. The number of carbonyl (C=O) groups excluding carboxylic acids is 1. The van der Waals surface area contributed by atoms with Crippen molar-refractivity contribution in [3.8, 4) is 11.5 Å². The molecule has 0 fully saturated rings. The van der Waals surface area contributed by atoms with Gasteiger partial charge in [0.2, 0.25) is 0 Å². The Labute approximate surface area is 113 Å². The maximum absolute atomic E-state index is 11.4. The molecule has 1 aromatic rings. The minimum atomic E-state index is -0.701. The summed E-state index contributed by atoms with van der Waals surface area (Å²) in [5, 5.41) is 0. The Morgan fingerprint density at radius 1 is 1.32 bits per heavy atom. The standard InChI is InChI=1S/C14H21NO4/c1-9(15)8-11-6-5-7-12(17-3)13(11)19-10(2)14(16)18-4/h5-7,9-10H,8,15H2,1-4H3. The number of benzene rings is 1. The van der Waals surface area contributed by atoms with Crippen LogP contribution in [0.1, 0.15) is 19.4 Å². The van der Waals surface area contributed by atoms with Crippen LogP contribution in [0.2, 0.25) is 0 Å². The van der Waals surface area contributed by atoms with E-state index >= 15 is 0 Å². The lowest BCUT2D eigenvalue weighted by Crippen LogP contribution is -2.26. The number of nitrogens with two attached hydrogens (primary N) is 1. The van der Waals surface area contributed by atoms with Crippen molar-refractivity contribution in [2.75, 3.05) is 14.2 Å². The summed E-state index contributed by atoms with van der Waals surface area (Å²) in [7, 11) is 2.88. The first kappa shape index (κ1) is 15.3. The first-order chi connectivity index (χ1) is 8.99. The molecule has 0 aromatic heterocycles. The molecule has 0 amide bonds. The Morgan fingerprint density at radius 3 is 2.53 bits per heavy atom. The fourth-order valence-corrected chi connectivity index (χ4v) is 1.75. The van der Waals surface area contributed by atoms with E-state index in [-0.39, 0.29) is 6.04 Å². The summed E-state index contributed by atoms with van der Waals surface area (Å²) in [4.78, 5) is 11.4. The number of hydrogen-bond donors (Lipinski definition) is 1. The molecule has 0 aliphatic rings. The summed E-state index contributed by atoms with van der Waals surface area (Å²) in [6, 6.07) is 5.55. The lowest BCUT2D eigenvalue weighted by atomic mass is 10.1. The van der Waals surface area contributed by atoms with Crippen LogP contribution in [0.25, 0.3) is 0 Å². The van der Waals surface area contributed by atoms with Crippen molar-refractivity contribution in [2.45, 2.75) is 32.4 Å². The molecule has 5 heteroatoms. The first-order valence-electron chi connectivity index (χ1n) is 6.15. The van der Waals surface area contributed by atoms with Crippen molar-refractivity contribution in [3.63, 3.8) is 0 Å². The SMILES string of the molecule is COC(=O)C(C)Oc1c(CC(C)N)cccc1OC. The Morgan fingerprint density at radius 2 is 2.00 bits per heavy atom. The molecule has 0 heterocycles. The minimum absolute atomic E-state index is 0.0112. The van der Waals surface area contributed by atoms with Crippen molar-refractivity contribution < 1.29 is 19.0 Å². The molecule has 0 bridgehead atoms. The molecule has 0 saturated heterocycles. The fraction of sp³-hybridized carbons (Fsp3) is 0.500. The summed E-state index contributed by atoms with van der Waals surface area (Å²) in [5.74, 6) is 0.687. The van der Waals surface area contributed by atoms with Crippen LogP contribution in [0.3, 0.4) is 0 Å². The van der Waals surface area contributed by atoms with Gasteiger partial charge in [-0.2, -0.15) is 0 Å². The third-order valence-electron chi connectivity index (χ3n) is 2.65. The van der Waals surface area contributed by atoms with Crippen LogP contribution in [0.15, 0.2) is 18.2 Å². The average Bonchev–Trinajstić information content (AvgIpc) is 2.38. The predicted molar refractivity (Wildman–Crippen MR) is 72.5 cm³/mol. The Hall–Kier alpha value is -1.75. The number of hydrogen-bond acceptors (Lipinski definition) is 5. The Balaban J connectivity index is 3.04. The van der Waals surface area contributed by atoms with E-state index in [9.17, 15) is 4.79 Å². The first-order valence-corrected chi connectivity index (χ1v) is 6.15. The maximum atomic E-state index is 11.4. The zero-order valence-electron chi connectivity index (χ0n) is 11.8. The van der Waals surface area contributed by atoms with Crippen LogP contribution >= 0.6 is 0 Å². The van der Waals surface area contributed by atoms with Crippen molar-refractivity contribution in [3.05, 3.63) is 23.8 Å². The third kappa shape index (κ3) is 4.13. The molecular formula is C14H21NO4. The molecule has 0 spiro atoms. The summed E-state index contributed by atoms with van der Waals surface area (Å²) in [5.41, 5.74) is 6.72. The number of para-hydroxylation sites is 1. The normalized spacial score (nSPS) is 13.5. The lowest BCUT2D eigenvalue weighted by molar-refractivity contribution is -0.147. The van der Waals surface area contributed by atoms with Gasteiger partial charge in [0.05, 0.1) is 14.2 Å². The van der Waals surface area contributed by atoms with Gasteiger partial charge in [0, 0.05) is 6.04 Å². The highest BCUT2D eigenvalue weighted by atomic mass is 16.6. The molecule has 106 valence electrons. The zero-order chi connectivity index (χ0) is 14.4. The molecule has 2 unspecified atom stereocenters. The van der Waals surface area contributed by atoms with E-state index in [4.69, 9.17) is 15.2 Å².